The normalized spacial score (nSPS) is 21.3. The molecule has 2 aromatic carbocycles. The SMILES string of the molecule is Cc1ccc(S(=O)(=O)C2(C(=N)N)C=CC=CC2Oc2ccc3[nH]ccc3c2)cc1. The van der Waals surface area contributed by atoms with Gasteiger partial charge in [0, 0.05) is 17.1 Å². The van der Waals surface area contributed by atoms with E-state index in [0.717, 1.165) is 16.5 Å². The quantitative estimate of drug-likeness (QED) is 0.444. The molecule has 2 atom stereocenters. The summed E-state index contributed by atoms with van der Waals surface area (Å²) in [6, 6.07) is 13.8. The van der Waals surface area contributed by atoms with Crippen LogP contribution >= 0.6 is 0 Å². The van der Waals surface area contributed by atoms with Gasteiger partial charge < -0.3 is 15.5 Å². The molecule has 148 valence electrons. The van der Waals surface area contributed by atoms with Crippen LogP contribution in [0.25, 0.3) is 10.9 Å². The zero-order chi connectivity index (χ0) is 20.6. The lowest BCUT2D eigenvalue weighted by Gasteiger charge is -2.36. The van der Waals surface area contributed by atoms with Gasteiger partial charge >= 0.3 is 0 Å². The molecule has 0 saturated carbocycles. The smallest absolute Gasteiger partial charge is 0.198 e. The molecule has 3 aromatic rings. The molecule has 1 heterocycles. The third-order valence-corrected chi connectivity index (χ3v) is 7.52. The van der Waals surface area contributed by atoms with Crippen LogP contribution in [0, 0.1) is 12.3 Å². The van der Waals surface area contributed by atoms with Crippen LogP contribution in [0.5, 0.6) is 5.75 Å². The van der Waals surface area contributed by atoms with Crippen molar-refractivity contribution in [3.05, 3.63) is 84.6 Å². The molecule has 7 heteroatoms. The van der Waals surface area contributed by atoms with Crippen molar-refractivity contribution in [3.63, 3.8) is 0 Å². The fourth-order valence-corrected chi connectivity index (χ4v) is 5.39. The van der Waals surface area contributed by atoms with Crippen molar-refractivity contribution in [2.75, 3.05) is 0 Å². The van der Waals surface area contributed by atoms with Crippen LogP contribution in [0.3, 0.4) is 0 Å². The Hall–Kier alpha value is -3.32. The molecule has 0 spiro atoms. The lowest BCUT2D eigenvalue weighted by molar-refractivity contribution is 0.236. The summed E-state index contributed by atoms with van der Waals surface area (Å²) < 4.78 is 31.5. The summed E-state index contributed by atoms with van der Waals surface area (Å²) in [6.45, 7) is 1.88. The highest BCUT2D eigenvalue weighted by Crippen LogP contribution is 2.36. The highest BCUT2D eigenvalue weighted by atomic mass is 32.2. The average Bonchev–Trinajstić information content (AvgIpc) is 3.16. The highest BCUT2D eigenvalue weighted by molar-refractivity contribution is 7.94. The van der Waals surface area contributed by atoms with Gasteiger partial charge in [-0.25, -0.2) is 8.42 Å². The first-order valence-corrected chi connectivity index (χ1v) is 10.6. The average molecular weight is 407 g/mol. The predicted molar refractivity (Wildman–Crippen MR) is 114 cm³/mol. The van der Waals surface area contributed by atoms with Gasteiger partial charge in [-0.05, 0) is 49.4 Å². The van der Waals surface area contributed by atoms with Crippen molar-refractivity contribution >= 4 is 26.6 Å². The Labute approximate surface area is 169 Å². The summed E-state index contributed by atoms with van der Waals surface area (Å²) in [5, 5.41) is 9.15. The van der Waals surface area contributed by atoms with Crippen molar-refractivity contribution in [1.82, 2.24) is 4.98 Å². The van der Waals surface area contributed by atoms with E-state index in [1.54, 1.807) is 36.4 Å². The molecule has 0 aliphatic heterocycles. The van der Waals surface area contributed by atoms with Crippen LogP contribution in [0.2, 0.25) is 0 Å². The van der Waals surface area contributed by atoms with Crippen molar-refractivity contribution in [1.29, 1.82) is 5.41 Å². The lowest BCUT2D eigenvalue weighted by Crippen LogP contribution is -2.58. The maximum atomic E-state index is 13.6. The van der Waals surface area contributed by atoms with Gasteiger partial charge in [0.25, 0.3) is 0 Å². The van der Waals surface area contributed by atoms with Crippen LogP contribution in [-0.2, 0) is 9.84 Å². The highest BCUT2D eigenvalue weighted by Gasteiger charge is 2.53. The molecular weight excluding hydrogens is 386 g/mol. The van der Waals surface area contributed by atoms with Crippen LogP contribution in [-0.4, -0.2) is 30.1 Å². The Balaban J connectivity index is 1.81. The molecule has 6 nitrogen and oxygen atoms in total. The number of amidine groups is 1. The predicted octanol–water partition coefficient (Wildman–Crippen LogP) is 3.50. The summed E-state index contributed by atoms with van der Waals surface area (Å²) in [5.74, 6) is -0.00169. The van der Waals surface area contributed by atoms with Crippen molar-refractivity contribution in [2.45, 2.75) is 22.7 Å². The van der Waals surface area contributed by atoms with Crippen molar-refractivity contribution < 1.29 is 13.2 Å². The Morgan fingerprint density at radius 2 is 1.90 bits per heavy atom. The fourth-order valence-electron chi connectivity index (χ4n) is 3.52. The summed E-state index contributed by atoms with van der Waals surface area (Å²) in [7, 11) is -4.06. The lowest BCUT2D eigenvalue weighted by atomic mass is 9.95. The van der Waals surface area contributed by atoms with Gasteiger partial charge in [-0.15, -0.1) is 0 Å². The topological polar surface area (TPSA) is 109 Å². The summed E-state index contributed by atoms with van der Waals surface area (Å²) in [4.78, 5) is 3.20. The van der Waals surface area contributed by atoms with Gasteiger partial charge in [0.1, 0.15) is 17.7 Å². The number of hydrogen-bond donors (Lipinski definition) is 3. The first kappa shape index (κ1) is 19.0. The number of nitrogens with two attached hydrogens (primary N) is 1. The molecule has 1 aromatic heterocycles. The maximum absolute atomic E-state index is 13.6. The van der Waals surface area contributed by atoms with Crippen molar-refractivity contribution in [2.24, 2.45) is 5.73 Å². The van der Waals surface area contributed by atoms with Crippen molar-refractivity contribution in [3.8, 4) is 5.75 Å². The Morgan fingerprint density at radius 1 is 1.14 bits per heavy atom. The second kappa shape index (κ2) is 6.93. The van der Waals surface area contributed by atoms with Crippen LogP contribution in [0.15, 0.2) is 83.9 Å². The third-order valence-electron chi connectivity index (χ3n) is 5.15. The van der Waals surface area contributed by atoms with Gasteiger partial charge in [0.15, 0.2) is 14.6 Å². The molecule has 2 unspecified atom stereocenters. The van der Waals surface area contributed by atoms with E-state index in [-0.39, 0.29) is 4.90 Å². The number of allylic oxidation sites excluding steroid dienone is 2. The first-order valence-electron chi connectivity index (χ1n) is 9.10. The molecule has 0 saturated heterocycles. The van der Waals surface area contributed by atoms with Crippen LogP contribution in [0.1, 0.15) is 5.56 Å². The van der Waals surface area contributed by atoms with E-state index in [2.05, 4.69) is 4.98 Å². The molecule has 0 radical (unpaired) electrons. The number of H-pyrrole nitrogens is 1. The Morgan fingerprint density at radius 3 is 2.62 bits per heavy atom. The molecule has 0 amide bonds. The van der Waals surface area contributed by atoms with Gasteiger partial charge in [-0.3, -0.25) is 5.41 Å². The molecule has 29 heavy (non-hydrogen) atoms. The molecule has 0 bridgehead atoms. The zero-order valence-corrected chi connectivity index (χ0v) is 16.6. The molecule has 1 aliphatic rings. The summed E-state index contributed by atoms with van der Waals surface area (Å²) in [6.07, 6.45) is 7.17. The third kappa shape index (κ3) is 3.03. The maximum Gasteiger partial charge on any atom is 0.198 e. The van der Waals surface area contributed by atoms with E-state index in [4.69, 9.17) is 15.9 Å². The minimum atomic E-state index is -4.06. The van der Waals surface area contributed by atoms with Gasteiger partial charge in [-0.2, -0.15) is 0 Å². The number of nitrogens with one attached hydrogen (secondary N) is 2. The largest absolute Gasteiger partial charge is 0.484 e. The number of rotatable bonds is 5. The molecule has 4 N–H and O–H groups in total. The molecule has 0 fully saturated rings. The monoisotopic (exact) mass is 407 g/mol. The number of aromatic nitrogens is 1. The number of benzene rings is 2. The summed E-state index contributed by atoms with van der Waals surface area (Å²) >= 11 is 0. The number of fused-ring (bicyclic) bond motifs is 1. The number of ether oxygens (including phenoxy) is 1. The Kier molecular flexibility index (Phi) is 4.55. The number of aryl methyl sites for hydroxylation is 1. The van der Waals surface area contributed by atoms with E-state index in [1.165, 1.54) is 18.2 Å². The zero-order valence-electron chi connectivity index (χ0n) is 15.8. The minimum Gasteiger partial charge on any atom is -0.484 e. The van der Waals surface area contributed by atoms with Crippen LogP contribution in [0.4, 0.5) is 0 Å². The van der Waals surface area contributed by atoms with Gasteiger partial charge in [0.2, 0.25) is 0 Å². The van der Waals surface area contributed by atoms with E-state index >= 15 is 0 Å². The van der Waals surface area contributed by atoms with E-state index in [0.29, 0.717) is 5.75 Å². The molecular formula is C22H21N3O3S. The standard InChI is InChI=1S/C22H21N3O3S/c1-15-5-8-18(9-6-15)29(26,27)22(21(23)24)12-3-2-4-20(22)28-17-7-10-19-16(14-17)11-13-25-19/h2-14,20,25H,1H3,(H3,23,24). The van der Waals surface area contributed by atoms with Gasteiger partial charge in [-0.1, -0.05) is 35.9 Å². The van der Waals surface area contributed by atoms with E-state index in [1.807, 2.05) is 31.3 Å². The minimum absolute atomic E-state index is 0.0907. The van der Waals surface area contributed by atoms with Gasteiger partial charge in [0.05, 0.1) is 4.90 Å². The fraction of sp³-hybridized carbons (Fsp3) is 0.136. The van der Waals surface area contributed by atoms with E-state index < -0.39 is 26.5 Å². The first-order chi connectivity index (χ1) is 13.8. The van der Waals surface area contributed by atoms with E-state index in [9.17, 15) is 8.42 Å². The number of sulfone groups is 1. The molecule has 1 aliphatic carbocycles. The number of hydrogen-bond acceptors (Lipinski definition) is 4. The second-order valence-electron chi connectivity index (χ2n) is 7.03. The number of aromatic amines is 1. The Bertz CT molecular complexity index is 1240. The van der Waals surface area contributed by atoms with Crippen LogP contribution < -0.4 is 10.5 Å². The second-order valence-corrected chi connectivity index (χ2v) is 9.19. The summed E-state index contributed by atoms with van der Waals surface area (Å²) in [5.41, 5.74) is 7.79. The molecule has 4 rings (SSSR count).